The van der Waals surface area contributed by atoms with Gasteiger partial charge in [-0.25, -0.2) is 0 Å². The first-order valence-corrected chi connectivity index (χ1v) is 9.50. The molecule has 0 amide bonds. The second kappa shape index (κ2) is 8.76. The molecule has 1 fully saturated rings. The number of aliphatic hydroxyl groups is 1. The molecular formula is C21H27ClN2O2. The summed E-state index contributed by atoms with van der Waals surface area (Å²) in [6, 6.07) is 13.9. The first-order chi connectivity index (χ1) is 12.5. The van der Waals surface area contributed by atoms with E-state index in [9.17, 15) is 5.11 Å². The van der Waals surface area contributed by atoms with E-state index in [1.165, 1.54) is 16.8 Å². The minimum absolute atomic E-state index is 0.316. The van der Waals surface area contributed by atoms with Crippen LogP contribution in [0.25, 0.3) is 0 Å². The molecule has 1 aliphatic rings. The van der Waals surface area contributed by atoms with E-state index in [0.29, 0.717) is 13.2 Å². The molecule has 2 aromatic carbocycles. The van der Waals surface area contributed by atoms with Crippen LogP contribution in [0.15, 0.2) is 42.5 Å². The third kappa shape index (κ3) is 5.13. The molecule has 0 saturated carbocycles. The molecule has 1 aliphatic heterocycles. The summed E-state index contributed by atoms with van der Waals surface area (Å²) in [6.07, 6.45) is -0.490. The Morgan fingerprint density at radius 1 is 1.04 bits per heavy atom. The van der Waals surface area contributed by atoms with Crippen LogP contribution < -0.4 is 9.64 Å². The normalized spacial score (nSPS) is 16.5. The molecule has 5 heteroatoms. The fourth-order valence-electron chi connectivity index (χ4n) is 3.27. The second-order valence-electron chi connectivity index (χ2n) is 7.00. The van der Waals surface area contributed by atoms with Crippen molar-refractivity contribution in [3.63, 3.8) is 0 Å². The highest BCUT2D eigenvalue weighted by molar-refractivity contribution is 6.30. The summed E-state index contributed by atoms with van der Waals surface area (Å²) in [6.45, 7) is 8.83. The van der Waals surface area contributed by atoms with Gasteiger partial charge in [-0.2, -0.15) is 0 Å². The molecule has 0 radical (unpaired) electrons. The molecule has 3 rings (SSSR count). The monoisotopic (exact) mass is 374 g/mol. The van der Waals surface area contributed by atoms with E-state index in [1.807, 2.05) is 43.3 Å². The Balaban J connectivity index is 1.44. The standard InChI is InChI=1S/C21H27ClN2O2/c1-16-3-7-20(8-4-16)26-15-19(25)14-23-9-11-24(12-10-23)21-13-18(22)6-5-17(21)2/h3-8,13,19,25H,9-12,14-15H2,1-2H3/t19-/m0/s1. The molecule has 4 nitrogen and oxygen atoms in total. The van der Waals surface area contributed by atoms with Crippen LogP contribution in [0.3, 0.4) is 0 Å². The van der Waals surface area contributed by atoms with Gasteiger partial charge < -0.3 is 14.7 Å². The van der Waals surface area contributed by atoms with Crippen LogP contribution >= 0.6 is 11.6 Å². The van der Waals surface area contributed by atoms with Crippen molar-refractivity contribution in [1.29, 1.82) is 0 Å². The maximum atomic E-state index is 10.3. The lowest BCUT2D eigenvalue weighted by atomic mass is 10.1. The zero-order chi connectivity index (χ0) is 18.5. The number of hydrogen-bond donors (Lipinski definition) is 1. The van der Waals surface area contributed by atoms with Crippen LogP contribution in [0.2, 0.25) is 5.02 Å². The molecule has 2 aromatic rings. The number of halogens is 1. The van der Waals surface area contributed by atoms with Crippen molar-refractivity contribution in [1.82, 2.24) is 4.90 Å². The van der Waals surface area contributed by atoms with Gasteiger partial charge in [-0.15, -0.1) is 0 Å². The second-order valence-corrected chi connectivity index (χ2v) is 7.43. The lowest BCUT2D eigenvalue weighted by Crippen LogP contribution is -2.49. The van der Waals surface area contributed by atoms with E-state index in [2.05, 4.69) is 22.8 Å². The molecule has 1 N–H and O–H groups in total. The number of aryl methyl sites for hydroxylation is 2. The van der Waals surface area contributed by atoms with Crippen LogP contribution in [-0.4, -0.2) is 55.4 Å². The number of hydrogen-bond acceptors (Lipinski definition) is 4. The lowest BCUT2D eigenvalue weighted by Gasteiger charge is -2.37. The maximum absolute atomic E-state index is 10.3. The summed E-state index contributed by atoms with van der Waals surface area (Å²) < 4.78 is 5.68. The average Bonchev–Trinajstić information content (AvgIpc) is 2.64. The van der Waals surface area contributed by atoms with Crippen molar-refractivity contribution in [3.8, 4) is 5.75 Å². The van der Waals surface area contributed by atoms with Crippen molar-refractivity contribution in [2.24, 2.45) is 0 Å². The SMILES string of the molecule is Cc1ccc(OC[C@@H](O)CN2CCN(c3cc(Cl)ccc3C)CC2)cc1. The van der Waals surface area contributed by atoms with Gasteiger partial charge in [0.15, 0.2) is 0 Å². The summed E-state index contributed by atoms with van der Waals surface area (Å²) in [5, 5.41) is 11.1. The summed E-state index contributed by atoms with van der Waals surface area (Å²) in [7, 11) is 0. The Labute approximate surface area is 160 Å². The summed E-state index contributed by atoms with van der Waals surface area (Å²) >= 11 is 6.14. The molecule has 0 unspecified atom stereocenters. The molecule has 0 aliphatic carbocycles. The number of anilines is 1. The quantitative estimate of drug-likeness (QED) is 0.839. The Morgan fingerprint density at radius 2 is 1.73 bits per heavy atom. The number of β-amino-alcohol motifs (C(OH)–C–C–N with tert-alkyl or cyclic N) is 1. The van der Waals surface area contributed by atoms with E-state index >= 15 is 0 Å². The fraction of sp³-hybridized carbons (Fsp3) is 0.429. The molecule has 1 atom stereocenters. The fourth-order valence-corrected chi connectivity index (χ4v) is 3.44. The lowest BCUT2D eigenvalue weighted by molar-refractivity contribution is 0.0663. The highest BCUT2D eigenvalue weighted by atomic mass is 35.5. The number of rotatable bonds is 6. The number of nitrogens with zero attached hydrogens (tertiary/aromatic N) is 2. The Morgan fingerprint density at radius 3 is 2.42 bits per heavy atom. The highest BCUT2D eigenvalue weighted by Gasteiger charge is 2.20. The predicted octanol–water partition coefficient (Wildman–Crippen LogP) is 3.52. The third-order valence-corrected chi connectivity index (χ3v) is 5.05. The van der Waals surface area contributed by atoms with Crippen molar-refractivity contribution in [2.75, 3.05) is 44.2 Å². The molecular weight excluding hydrogens is 348 g/mol. The number of benzene rings is 2. The van der Waals surface area contributed by atoms with Crippen molar-refractivity contribution in [3.05, 3.63) is 58.6 Å². The predicted molar refractivity (Wildman–Crippen MR) is 108 cm³/mol. The summed E-state index contributed by atoms with van der Waals surface area (Å²) in [4.78, 5) is 4.66. The number of ether oxygens (including phenoxy) is 1. The van der Waals surface area contributed by atoms with Gasteiger partial charge in [0.2, 0.25) is 0 Å². The van der Waals surface area contributed by atoms with Gasteiger partial charge in [-0.3, -0.25) is 4.90 Å². The summed E-state index contributed by atoms with van der Waals surface area (Å²) in [5.74, 6) is 0.802. The van der Waals surface area contributed by atoms with Gasteiger partial charge in [-0.1, -0.05) is 35.4 Å². The smallest absolute Gasteiger partial charge is 0.119 e. The van der Waals surface area contributed by atoms with Crippen molar-refractivity contribution < 1.29 is 9.84 Å². The molecule has 1 saturated heterocycles. The molecule has 0 aromatic heterocycles. The molecule has 1 heterocycles. The van der Waals surface area contributed by atoms with Crippen LogP contribution in [0.4, 0.5) is 5.69 Å². The first kappa shape index (κ1) is 19.0. The Kier molecular flexibility index (Phi) is 6.41. The number of piperazine rings is 1. The molecule has 0 spiro atoms. The molecule has 26 heavy (non-hydrogen) atoms. The third-order valence-electron chi connectivity index (χ3n) is 4.82. The number of aliphatic hydroxyl groups excluding tert-OH is 1. The van der Waals surface area contributed by atoms with Gasteiger partial charge in [0, 0.05) is 43.4 Å². The van der Waals surface area contributed by atoms with Gasteiger partial charge >= 0.3 is 0 Å². The molecule has 0 bridgehead atoms. The van der Waals surface area contributed by atoms with E-state index in [0.717, 1.165) is 37.0 Å². The Bertz CT molecular complexity index is 712. The van der Waals surface area contributed by atoms with E-state index in [4.69, 9.17) is 16.3 Å². The van der Waals surface area contributed by atoms with Gasteiger partial charge in [0.05, 0.1) is 0 Å². The van der Waals surface area contributed by atoms with Crippen LogP contribution in [-0.2, 0) is 0 Å². The van der Waals surface area contributed by atoms with Crippen molar-refractivity contribution in [2.45, 2.75) is 20.0 Å². The maximum Gasteiger partial charge on any atom is 0.119 e. The topological polar surface area (TPSA) is 35.9 Å². The van der Waals surface area contributed by atoms with Crippen LogP contribution in [0, 0.1) is 13.8 Å². The van der Waals surface area contributed by atoms with E-state index in [1.54, 1.807) is 0 Å². The Hall–Kier alpha value is -1.75. The molecule has 140 valence electrons. The van der Waals surface area contributed by atoms with E-state index < -0.39 is 6.10 Å². The van der Waals surface area contributed by atoms with Crippen LogP contribution in [0.1, 0.15) is 11.1 Å². The largest absolute Gasteiger partial charge is 0.491 e. The zero-order valence-corrected chi connectivity index (χ0v) is 16.2. The van der Waals surface area contributed by atoms with Crippen molar-refractivity contribution >= 4 is 17.3 Å². The van der Waals surface area contributed by atoms with Crippen LogP contribution in [0.5, 0.6) is 5.75 Å². The minimum atomic E-state index is -0.490. The highest BCUT2D eigenvalue weighted by Crippen LogP contribution is 2.25. The average molecular weight is 375 g/mol. The zero-order valence-electron chi connectivity index (χ0n) is 15.5. The van der Waals surface area contributed by atoms with Gasteiger partial charge in [-0.05, 0) is 43.7 Å². The van der Waals surface area contributed by atoms with Gasteiger partial charge in [0.1, 0.15) is 18.5 Å². The van der Waals surface area contributed by atoms with Gasteiger partial charge in [0.25, 0.3) is 0 Å². The first-order valence-electron chi connectivity index (χ1n) is 9.12. The van der Waals surface area contributed by atoms with E-state index in [-0.39, 0.29) is 0 Å². The minimum Gasteiger partial charge on any atom is -0.491 e. The summed E-state index contributed by atoms with van der Waals surface area (Å²) in [5.41, 5.74) is 3.65.